The lowest BCUT2D eigenvalue weighted by atomic mass is 10.1. The van der Waals surface area contributed by atoms with Gasteiger partial charge in [0.15, 0.2) is 0 Å². The molecule has 1 atom stereocenters. The van der Waals surface area contributed by atoms with Gasteiger partial charge in [0.1, 0.15) is 6.10 Å². The molecular formula is C8H13NO2S. The molecule has 2 saturated heterocycles. The van der Waals surface area contributed by atoms with E-state index in [1.165, 1.54) is 0 Å². The minimum Gasteiger partial charge on any atom is -0.368 e. The second kappa shape index (κ2) is 3.26. The number of rotatable bonds is 2. The molecule has 0 spiro atoms. The van der Waals surface area contributed by atoms with Crippen molar-refractivity contribution >= 4 is 17.7 Å². The maximum Gasteiger partial charge on any atom is 0.251 e. The van der Waals surface area contributed by atoms with Crippen LogP contribution in [-0.4, -0.2) is 48.1 Å². The molecule has 0 bridgehead atoms. The zero-order chi connectivity index (χ0) is 8.55. The monoisotopic (exact) mass is 187 g/mol. The number of thioether (sulfide) groups is 1. The van der Waals surface area contributed by atoms with Gasteiger partial charge in [0.2, 0.25) is 0 Å². The Balaban J connectivity index is 1.76. The van der Waals surface area contributed by atoms with Crippen LogP contribution in [0.5, 0.6) is 0 Å². The van der Waals surface area contributed by atoms with Gasteiger partial charge in [-0.25, -0.2) is 0 Å². The molecule has 1 amide bonds. The second-order valence-corrected chi connectivity index (χ2v) is 4.39. The largest absolute Gasteiger partial charge is 0.368 e. The molecule has 2 heterocycles. The van der Waals surface area contributed by atoms with E-state index in [1.807, 2.05) is 16.7 Å². The fourth-order valence-corrected chi connectivity index (χ4v) is 2.06. The Labute approximate surface area is 76.4 Å². The van der Waals surface area contributed by atoms with Crippen molar-refractivity contribution in [2.45, 2.75) is 17.8 Å². The van der Waals surface area contributed by atoms with E-state index in [2.05, 4.69) is 6.26 Å². The summed E-state index contributed by atoms with van der Waals surface area (Å²) in [5, 5.41) is 0.661. The average molecular weight is 187 g/mol. The molecule has 2 aliphatic heterocycles. The van der Waals surface area contributed by atoms with Gasteiger partial charge in [-0.05, 0) is 6.26 Å². The zero-order valence-electron chi connectivity index (χ0n) is 7.16. The maximum absolute atomic E-state index is 11.5. The quantitative estimate of drug-likeness (QED) is 0.624. The van der Waals surface area contributed by atoms with Gasteiger partial charge in [-0.1, -0.05) is 0 Å². The minimum atomic E-state index is -0.104. The molecule has 0 radical (unpaired) electrons. The van der Waals surface area contributed by atoms with Gasteiger partial charge in [-0.3, -0.25) is 4.79 Å². The molecule has 2 fully saturated rings. The van der Waals surface area contributed by atoms with Crippen LogP contribution in [0.1, 0.15) is 6.42 Å². The molecule has 68 valence electrons. The lowest BCUT2D eigenvalue weighted by Crippen LogP contribution is -2.57. The number of nitrogens with zero attached hydrogens (tertiary/aromatic N) is 1. The van der Waals surface area contributed by atoms with Crippen molar-refractivity contribution in [3.63, 3.8) is 0 Å². The zero-order valence-corrected chi connectivity index (χ0v) is 7.97. The van der Waals surface area contributed by atoms with E-state index >= 15 is 0 Å². The predicted molar refractivity (Wildman–Crippen MR) is 48.2 cm³/mol. The Morgan fingerprint density at radius 3 is 2.67 bits per heavy atom. The van der Waals surface area contributed by atoms with Crippen LogP contribution in [0.15, 0.2) is 0 Å². The highest BCUT2D eigenvalue weighted by Crippen LogP contribution is 2.23. The molecular weight excluding hydrogens is 174 g/mol. The summed E-state index contributed by atoms with van der Waals surface area (Å²) in [6.07, 6.45) is 2.90. The smallest absolute Gasteiger partial charge is 0.251 e. The molecule has 0 N–H and O–H groups in total. The Morgan fingerprint density at radius 1 is 1.58 bits per heavy atom. The lowest BCUT2D eigenvalue weighted by molar-refractivity contribution is -0.159. The van der Waals surface area contributed by atoms with Gasteiger partial charge in [0.05, 0.1) is 6.61 Å². The lowest BCUT2D eigenvalue weighted by Gasteiger charge is -2.41. The Bertz CT molecular complexity index is 187. The Hall–Kier alpha value is -0.220. The van der Waals surface area contributed by atoms with Crippen molar-refractivity contribution < 1.29 is 9.53 Å². The van der Waals surface area contributed by atoms with Crippen LogP contribution in [0.2, 0.25) is 0 Å². The number of hydrogen-bond acceptors (Lipinski definition) is 3. The third-order valence-corrected chi connectivity index (χ3v) is 3.43. The fraction of sp³-hybridized carbons (Fsp3) is 0.875. The van der Waals surface area contributed by atoms with Gasteiger partial charge < -0.3 is 9.64 Å². The summed E-state index contributed by atoms with van der Waals surface area (Å²) >= 11 is 1.84. The standard InChI is InChI=1S/C8H13NO2S/c1-12-6-4-9(5-6)8(10)7-2-3-11-7/h6-7H,2-5H2,1H3/t7-/m1/s1. The summed E-state index contributed by atoms with van der Waals surface area (Å²) in [4.78, 5) is 13.4. The van der Waals surface area contributed by atoms with Crippen LogP contribution in [-0.2, 0) is 9.53 Å². The molecule has 0 aromatic carbocycles. The van der Waals surface area contributed by atoms with E-state index in [9.17, 15) is 4.79 Å². The van der Waals surface area contributed by atoms with E-state index in [0.717, 1.165) is 26.1 Å². The third kappa shape index (κ3) is 1.33. The molecule has 3 nitrogen and oxygen atoms in total. The molecule has 0 saturated carbocycles. The van der Waals surface area contributed by atoms with Gasteiger partial charge in [0.25, 0.3) is 5.91 Å². The fourth-order valence-electron chi connectivity index (χ4n) is 1.40. The van der Waals surface area contributed by atoms with E-state index in [1.54, 1.807) is 0 Å². The van der Waals surface area contributed by atoms with Crippen LogP contribution in [0.4, 0.5) is 0 Å². The SMILES string of the molecule is CSC1CN(C(=O)[C@H]2CCO2)C1. The normalized spacial score (nSPS) is 29.4. The number of ether oxygens (including phenoxy) is 1. The summed E-state index contributed by atoms with van der Waals surface area (Å²) in [6.45, 7) is 2.59. The third-order valence-electron chi connectivity index (χ3n) is 2.47. The first kappa shape index (κ1) is 8.38. The van der Waals surface area contributed by atoms with Crippen molar-refractivity contribution in [2.24, 2.45) is 0 Å². The Kier molecular flexibility index (Phi) is 2.28. The molecule has 12 heavy (non-hydrogen) atoms. The van der Waals surface area contributed by atoms with E-state index < -0.39 is 0 Å². The predicted octanol–water partition coefficient (Wildman–Crippen LogP) is 0.349. The average Bonchev–Trinajstić information content (AvgIpc) is 1.80. The molecule has 2 rings (SSSR count). The number of hydrogen-bond donors (Lipinski definition) is 0. The van der Waals surface area contributed by atoms with Crippen molar-refractivity contribution in [1.82, 2.24) is 4.90 Å². The van der Waals surface area contributed by atoms with Gasteiger partial charge in [-0.15, -0.1) is 0 Å². The number of amides is 1. The first-order valence-corrected chi connectivity index (χ1v) is 5.53. The van der Waals surface area contributed by atoms with Crippen molar-refractivity contribution in [3.8, 4) is 0 Å². The van der Waals surface area contributed by atoms with Crippen LogP contribution in [0.25, 0.3) is 0 Å². The van der Waals surface area contributed by atoms with Crippen molar-refractivity contribution in [1.29, 1.82) is 0 Å². The summed E-state index contributed by atoms with van der Waals surface area (Å²) in [5.41, 5.74) is 0. The molecule has 4 heteroatoms. The van der Waals surface area contributed by atoms with Gasteiger partial charge in [-0.2, -0.15) is 11.8 Å². The highest BCUT2D eigenvalue weighted by molar-refractivity contribution is 7.99. The summed E-state index contributed by atoms with van der Waals surface area (Å²) in [6, 6.07) is 0. The van der Waals surface area contributed by atoms with Gasteiger partial charge >= 0.3 is 0 Å². The van der Waals surface area contributed by atoms with Crippen LogP contribution < -0.4 is 0 Å². The van der Waals surface area contributed by atoms with Crippen LogP contribution in [0.3, 0.4) is 0 Å². The van der Waals surface area contributed by atoms with Crippen molar-refractivity contribution in [3.05, 3.63) is 0 Å². The molecule has 0 aromatic heterocycles. The first-order chi connectivity index (χ1) is 5.81. The highest BCUT2D eigenvalue weighted by atomic mass is 32.2. The van der Waals surface area contributed by atoms with E-state index in [-0.39, 0.29) is 12.0 Å². The molecule has 0 unspecified atom stereocenters. The first-order valence-electron chi connectivity index (χ1n) is 4.24. The van der Waals surface area contributed by atoms with E-state index in [0.29, 0.717) is 5.25 Å². The molecule has 2 aliphatic rings. The van der Waals surface area contributed by atoms with Crippen molar-refractivity contribution in [2.75, 3.05) is 26.0 Å². The number of carbonyl (C=O) groups is 1. The number of likely N-dealkylation sites (tertiary alicyclic amines) is 1. The summed E-state index contributed by atoms with van der Waals surface area (Å²) < 4.78 is 5.12. The van der Waals surface area contributed by atoms with E-state index in [4.69, 9.17) is 4.74 Å². The molecule has 0 aliphatic carbocycles. The Morgan fingerprint density at radius 2 is 2.25 bits per heavy atom. The van der Waals surface area contributed by atoms with Gasteiger partial charge in [0, 0.05) is 24.8 Å². The minimum absolute atomic E-state index is 0.104. The van der Waals surface area contributed by atoms with Crippen LogP contribution in [0, 0.1) is 0 Å². The highest BCUT2D eigenvalue weighted by Gasteiger charge is 2.36. The summed E-state index contributed by atoms with van der Waals surface area (Å²) in [7, 11) is 0. The second-order valence-electron chi connectivity index (χ2n) is 3.25. The topological polar surface area (TPSA) is 29.5 Å². The number of carbonyl (C=O) groups excluding carboxylic acids is 1. The summed E-state index contributed by atoms with van der Waals surface area (Å²) in [5.74, 6) is 0.201. The van der Waals surface area contributed by atoms with Crippen LogP contribution >= 0.6 is 11.8 Å². The molecule has 0 aromatic rings. The maximum atomic E-state index is 11.5.